The first-order valence-corrected chi connectivity index (χ1v) is 10.2. The number of likely N-dealkylation sites (tertiary alicyclic amines) is 1. The van der Waals surface area contributed by atoms with Crippen LogP contribution < -0.4 is 0 Å². The summed E-state index contributed by atoms with van der Waals surface area (Å²) in [5.41, 5.74) is 0. The third-order valence-corrected chi connectivity index (χ3v) is 4.92. The predicted octanol–water partition coefficient (Wildman–Crippen LogP) is 5.78. The van der Waals surface area contributed by atoms with Gasteiger partial charge < -0.3 is 0 Å². The van der Waals surface area contributed by atoms with Crippen LogP contribution in [0, 0.1) is 0 Å². The summed E-state index contributed by atoms with van der Waals surface area (Å²) < 4.78 is 0. The molecule has 1 aliphatic heterocycles. The second kappa shape index (κ2) is 14.2. The first kappa shape index (κ1) is 20.9. The minimum atomic E-state index is 0.0468. The number of nitrogens with zero attached hydrogens (tertiary/aromatic N) is 1. The van der Waals surface area contributed by atoms with Crippen LogP contribution in [0.25, 0.3) is 0 Å². The molecule has 0 bridgehead atoms. The number of allylic oxidation sites excluding steroid dienone is 1. The van der Waals surface area contributed by atoms with E-state index >= 15 is 0 Å². The molecule has 0 aromatic rings. The molecule has 0 aromatic carbocycles. The zero-order valence-corrected chi connectivity index (χ0v) is 15.6. The van der Waals surface area contributed by atoms with Crippen LogP contribution in [0.2, 0.25) is 0 Å². The number of hydrogen-bond donors (Lipinski definition) is 0. The Balaban J connectivity index is 1.91. The number of amides is 2. The van der Waals surface area contributed by atoms with Gasteiger partial charge in [-0.2, -0.15) is 0 Å². The SMILES string of the molecule is C=CCCCCCCCCCCCCC(=O)N1CCCCCC1=O. The highest BCUT2D eigenvalue weighted by atomic mass is 16.2. The van der Waals surface area contributed by atoms with E-state index in [0.29, 0.717) is 19.4 Å². The van der Waals surface area contributed by atoms with Gasteiger partial charge in [0.25, 0.3) is 0 Å². The molecule has 0 saturated carbocycles. The summed E-state index contributed by atoms with van der Waals surface area (Å²) >= 11 is 0. The maximum absolute atomic E-state index is 12.1. The van der Waals surface area contributed by atoms with Gasteiger partial charge in [0.15, 0.2) is 0 Å². The van der Waals surface area contributed by atoms with Crippen LogP contribution in [-0.2, 0) is 9.59 Å². The molecule has 1 rings (SSSR count). The van der Waals surface area contributed by atoms with E-state index in [2.05, 4.69) is 6.58 Å². The molecule has 0 radical (unpaired) electrons. The monoisotopic (exact) mass is 335 g/mol. The molecule has 3 nitrogen and oxygen atoms in total. The standard InChI is InChI=1S/C21H37NO2/c1-2-3-4-5-6-7-8-9-10-11-12-14-17-20(23)22-19-16-13-15-18-21(22)24/h2H,1,3-19H2. The van der Waals surface area contributed by atoms with Crippen LogP contribution in [0.3, 0.4) is 0 Å². The van der Waals surface area contributed by atoms with Crippen molar-refractivity contribution in [3.05, 3.63) is 12.7 Å². The van der Waals surface area contributed by atoms with E-state index in [9.17, 15) is 9.59 Å². The van der Waals surface area contributed by atoms with Crippen molar-refractivity contribution in [2.24, 2.45) is 0 Å². The highest BCUT2D eigenvalue weighted by molar-refractivity contribution is 5.95. The van der Waals surface area contributed by atoms with Crippen molar-refractivity contribution in [1.29, 1.82) is 0 Å². The van der Waals surface area contributed by atoms with Crippen LogP contribution in [0.1, 0.15) is 103 Å². The average Bonchev–Trinajstić information content (AvgIpc) is 2.80. The van der Waals surface area contributed by atoms with E-state index in [1.54, 1.807) is 0 Å². The van der Waals surface area contributed by atoms with E-state index in [1.807, 2.05) is 6.08 Å². The molecule has 0 spiro atoms. The molecule has 1 fully saturated rings. The van der Waals surface area contributed by atoms with Crippen LogP contribution >= 0.6 is 0 Å². The maximum Gasteiger partial charge on any atom is 0.229 e. The lowest BCUT2D eigenvalue weighted by atomic mass is 10.0. The first-order chi connectivity index (χ1) is 11.8. The van der Waals surface area contributed by atoms with Crippen molar-refractivity contribution in [2.45, 2.75) is 103 Å². The third kappa shape index (κ3) is 9.89. The summed E-state index contributed by atoms with van der Waals surface area (Å²) in [6, 6.07) is 0. The minimum absolute atomic E-state index is 0.0468. The van der Waals surface area contributed by atoms with Gasteiger partial charge >= 0.3 is 0 Å². The number of carbonyl (C=O) groups excluding carboxylic acids is 2. The van der Waals surface area contributed by atoms with Gasteiger partial charge in [-0.05, 0) is 32.1 Å². The number of hydrogen-bond acceptors (Lipinski definition) is 2. The van der Waals surface area contributed by atoms with Gasteiger partial charge in [0.1, 0.15) is 0 Å². The molecular formula is C21H37NO2. The first-order valence-electron chi connectivity index (χ1n) is 10.2. The average molecular weight is 336 g/mol. The summed E-state index contributed by atoms with van der Waals surface area (Å²) in [6.45, 7) is 4.39. The minimum Gasteiger partial charge on any atom is -0.283 e. The topological polar surface area (TPSA) is 37.4 Å². The lowest BCUT2D eigenvalue weighted by Gasteiger charge is -2.18. The molecule has 0 aromatic heterocycles. The van der Waals surface area contributed by atoms with E-state index in [4.69, 9.17) is 0 Å². The quantitative estimate of drug-likeness (QED) is 0.316. The molecule has 0 aliphatic carbocycles. The molecule has 2 amide bonds. The van der Waals surface area contributed by atoms with Crippen LogP contribution in [0.4, 0.5) is 0 Å². The number of carbonyl (C=O) groups is 2. The molecule has 1 saturated heterocycles. The molecule has 138 valence electrons. The number of rotatable bonds is 13. The highest BCUT2D eigenvalue weighted by Crippen LogP contribution is 2.15. The lowest BCUT2D eigenvalue weighted by Crippen LogP contribution is -2.36. The van der Waals surface area contributed by atoms with Crippen molar-refractivity contribution in [1.82, 2.24) is 4.90 Å². The van der Waals surface area contributed by atoms with Crippen molar-refractivity contribution < 1.29 is 9.59 Å². The predicted molar refractivity (Wildman–Crippen MR) is 101 cm³/mol. The van der Waals surface area contributed by atoms with Crippen LogP contribution in [-0.4, -0.2) is 23.3 Å². The zero-order valence-electron chi connectivity index (χ0n) is 15.6. The van der Waals surface area contributed by atoms with E-state index < -0.39 is 0 Å². The molecule has 0 unspecified atom stereocenters. The normalized spacial score (nSPS) is 15.3. The Morgan fingerprint density at radius 3 is 2.08 bits per heavy atom. The molecule has 3 heteroatoms. The van der Waals surface area contributed by atoms with Gasteiger partial charge in [0.2, 0.25) is 11.8 Å². The van der Waals surface area contributed by atoms with Crippen molar-refractivity contribution >= 4 is 11.8 Å². The molecule has 1 heterocycles. The van der Waals surface area contributed by atoms with Gasteiger partial charge in [-0.1, -0.05) is 63.9 Å². The van der Waals surface area contributed by atoms with E-state index in [-0.39, 0.29) is 11.8 Å². The summed E-state index contributed by atoms with van der Waals surface area (Å²) in [7, 11) is 0. The fourth-order valence-corrected chi connectivity index (χ4v) is 3.36. The molecule has 24 heavy (non-hydrogen) atoms. The third-order valence-electron chi connectivity index (χ3n) is 4.92. The van der Waals surface area contributed by atoms with Gasteiger partial charge in [0.05, 0.1) is 0 Å². The smallest absolute Gasteiger partial charge is 0.229 e. The van der Waals surface area contributed by atoms with Gasteiger partial charge in [-0.25, -0.2) is 0 Å². The van der Waals surface area contributed by atoms with Crippen LogP contribution in [0.5, 0.6) is 0 Å². The Labute approximate surface area is 148 Å². The fraction of sp³-hybridized carbons (Fsp3) is 0.810. The van der Waals surface area contributed by atoms with Crippen LogP contribution in [0.15, 0.2) is 12.7 Å². The Kier molecular flexibility index (Phi) is 12.4. The van der Waals surface area contributed by atoms with Crippen molar-refractivity contribution in [3.63, 3.8) is 0 Å². The summed E-state index contributed by atoms with van der Waals surface area (Å²) in [5, 5.41) is 0. The Morgan fingerprint density at radius 2 is 1.46 bits per heavy atom. The van der Waals surface area contributed by atoms with Gasteiger partial charge in [-0.3, -0.25) is 14.5 Å². The maximum atomic E-state index is 12.1. The van der Waals surface area contributed by atoms with Crippen molar-refractivity contribution in [3.8, 4) is 0 Å². The van der Waals surface area contributed by atoms with Gasteiger partial charge in [0, 0.05) is 19.4 Å². The van der Waals surface area contributed by atoms with Gasteiger partial charge in [-0.15, -0.1) is 6.58 Å². The summed E-state index contributed by atoms with van der Waals surface area (Å²) in [4.78, 5) is 25.5. The number of imide groups is 1. The van der Waals surface area contributed by atoms with E-state index in [0.717, 1.165) is 38.5 Å². The molecule has 0 N–H and O–H groups in total. The molecule has 0 atom stereocenters. The van der Waals surface area contributed by atoms with E-state index in [1.165, 1.54) is 56.3 Å². The highest BCUT2D eigenvalue weighted by Gasteiger charge is 2.22. The second-order valence-corrected chi connectivity index (χ2v) is 7.11. The Morgan fingerprint density at radius 1 is 0.875 bits per heavy atom. The molecule has 1 aliphatic rings. The largest absolute Gasteiger partial charge is 0.283 e. The lowest BCUT2D eigenvalue weighted by molar-refractivity contribution is -0.144. The zero-order chi connectivity index (χ0) is 17.5. The second-order valence-electron chi connectivity index (χ2n) is 7.11. The Bertz CT molecular complexity index is 365. The number of unbranched alkanes of at least 4 members (excludes halogenated alkanes) is 10. The summed E-state index contributed by atoms with van der Waals surface area (Å²) in [5.74, 6) is 0.104. The van der Waals surface area contributed by atoms with Crippen molar-refractivity contribution in [2.75, 3.05) is 6.54 Å². The Hall–Kier alpha value is -1.12. The fourth-order valence-electron chi connectivity index (χ4n) is 3.36. The molecular weight excluding hydrogens is 298 g/mol. The summed E-state index contributed by atoms with van der Waals surface area (Å²) in [6.07, 6.45) is 19.8.